The molecule has 0 bridgehead atoms. The molecular formula is C14H29IN4O3. The fourth-order valence-electron chi connectivity index (χ4n) is 1.98. The van der Waals surface area contributed by atoms with Crippen LogP contribution in [0.1, 0.15) is 13.8 Å². The summed E-state index contributed by atoms with van der Waals surface area (Å²) in [4.78, 5) is 19.8. The van der Waals surface area contributed by atoms with Gasteiger partial charge in [-0.3, -0.25) is 4.79 Å². The number of morpholine rings is 1. The minimum atomic E-state index is -0.0141. The molecule has 0 spiro atoms. The number of likely N-dealkylation sites (N-methyl/N-ethyl adjacent to an activating group) is 1. The van der Waals surface area contributed by atoms with Gasteiger partial charge >= 0.3 is 0 Å². The Labute approximate surface area is 150 Å². The fraction of sp³-hybridized carbons (Fsp3) is 0.857. The number of ether oxygens (including phenoxy) is 2. The van der Waals surface area contributed by atoms with Gasteiger partial charge in [-0.05, 0) is 13.8 Å². The molecule has 1 atom stereocenters. The first kappa shape index (κ1) is 21.4. The smallest absolute Gasteiger partial charge is 0.243 e. The lowest BCUT2D eigenvalue weighted by atomic mass is 10.3. The van der Waals surface area contributed by atoms with Crippen LogP contribution >= 0.6 is 24.0 Å². The van der Waals surface area contributed by atoms with E-state index in [0.29, 0.717) is 19.8 Å². The second-order valence-electron chi connectivity index (χ2n) is 5.62. The van der Waals surface area contributed by atoms with E-state index in [9.17, 15) is 4.79 Å². The van der Waals surface area contributed by atoms with Crippen molar-refractivity contribution >= 4 is 35.8 Å². The summed E-state index contributed by atoms with van der Waals surface area (Å²) in [5.41, 5.74) is 0. The second kappa shape index (κ2) is 11.0. The van der Waals surface area contributed by atoms with Crippen molar-refractivity contribution in [1.29, 1.82) is 0 Å². The van der Waals surface area contributed by atoms with Crippen LogP contribution < -0.4 is 5.32 Å². The molecule has 1 rings (SSSR count). The van der Waals surface area contributed by atoms with Gasteiger partial charge in [0.2, 0.25) is 5.91 Å². The molecule has 1 N–H and O–H groups in total. The standard InChI is InChI=1S/C14H28N4O3.HI/c1-11(2)16-14(15-8-13(19)17(3)4)18-6-7-21-12(9-18)10-20-5;/h11-12H,6-10H2,1-5H3,(H,15,16);1H. The highest BCUT2D eigenvalue weighted by atomic mass is 127. The summed E-state index contributed by atoms with van der Waals surface area (Å²) in [5, 5.41) is 3.32. The first-order chi connectivity index (χ1) is 9.93. The van der Waals surface area contributed by atoms with Gasteiger partial charge in [-0.15, -0.1) is 24.0 Å². The van der Waals surface area contributed by atoms with Gasteiger partial charge in [0, 0.05) is 40.3 Å². The van der Waals surface area contributed by atoms with Crippen molar-refractivity contribution in [2.24, 2.45) is 4.99 Å². The summed E-state index contributed by atoms with van der Waals surface area (Å²) < 4.78 is 10.8. The third-order valence-electron chi connectivity index (χ3n) is 3.07. The molecule has 0 aromatic heterocycles. The van der Waals surface area contributed by atoms with E-state index in [0.717, 1.165) is 12.5 Å². The Balaban J connectivity index is 0.00000441. The molecule has 0 saturated carbocycles. The Morgan fingerprint density at radius 2 is 2.18 bits per heavy atom. The number of rotatable bonds is 5. The number of nitrogens with one attached hydrogen (secondary N) is 1. The summed E-state index contributed by atoms with van der Waals surface area (Å²) in [7, 11) is 5.13. The molecule has 1 aliphatic rings. The molecule has 1 aliphatic heterocycles. The monoisotopic (exact) mass is 428 g/mol. The van der Waals surface area contributed by atoms with Crippen molar-refractivity contribution in [3.05, 3.63) is 0 Å². The molecule has 1 heterocycles. The van der Waals surface area contributed by atoms with Crippen LogP contribution in [0.15, 0.2) is 4.99 Å². The molecule has 1 unspecified atom stereocenters. The number of hydrogen-bond acceptors (Lipinski definition) is 4. The van der Waals surface area contributed by atoms with E-state index in [-0.39, 0.29) is 48.6 Å². The van der Waals surface area contributed by atoms with Crippen LogP contribution in [-0.4, -0.2) is 87.9 Å². The SMILES string of the molecule is COCC1CN(C(=NCC(=O)N(C)C)NC(C)C)CCO1.I. The lowest BCUT2D eigenvalue weighted by molar-refractivity contribution is -0.127. The van der Waals surface area contributed by atoms with Crippen LogP contribution in [0.2, 0.25) is 0 Å². The maximum absolute atomic E-state index is 11.7. The van der Waals surface area contributed by atoms with Crippen molar-refractivity contribution in [2.45, 2.75) is 26.0 Å². The highest BCUT2D eigenvalue weighted by Gasteiger charge is 2.23. The maximum Gasteiger partial charge on any atom is 0.243 e. The van der Waals surface area contributed by atoms with E-state index < -0.39 is 0 Å². The quantitative estimate of drug-likeness (QED) is 0.390. The van der Waals surface area contributed by atoms with E-state index in [2.05, 4.69) is 29.1 Å². The van der Waals surface area contributed by atoms with Crippen molar-refractivity contribution < 1.29 is 14.3 Å². The molecule has 1 amide bonds. The van der Waals surface area contributed by atoms with E-state index in [1.54, 1.807) is 26.1 Å². The molecule has 1 fully saturated rings. The van der Waals surface area contributed by atoms with Gasteiger partial charge in [0.1, 0.15) is 6.54 Å². The molecule has 8 heteroatoms. The molecule has 0 aliphatic carbocycles. The third-order valence-corrected chi connectivity index (χ3v) is 3.07. The predicted molar refractivity (Wildman–Crippen MR) is 97.9 cm³/mol. The lowest BCUT2D eigenvalue weighted by Crippen LogP contribution is -2.53. The molecule has 130 valence electrons. The lowest BCUT2D eigenvalue weighted by Gasteiger charge is -2.35. The van der Waals surface area contributed by atoms with Gasteiger partial charge < -0.3 is 24.6 Å². The number of amides is 1. The maximum atomic E-state index is 11.7. The van der Waals surface area contributed by atoms with Crippen LogP contribution in [-0.2, 0) is 14.3 Å². The van der Waals surface area contributed by atoms with Crippen molar-refractivity contribution in [3.8, 4) is 0 Å². The Bertz CT molecular complexity index is 362. The fourth-order valence-corrected chi connectivity index (χ4v) is 1.98. The second-order valence-corrected chi connectivity index (χ2v) is 5.62. The van der Waals surface area contributed by atoms with Gasteiger partial charge in [0.05, 0.1) is 19.3 Å². The van der Waals surface area contributed by atoms with Gasteiger partial charge in [-0.25, -0.2) is 4.99 Å². The predicted octanol–water partition coefficient (Wildman–Crippen LogP) is 0.394. The van der Waals surface area contributed by atoms with Gasteiger partial charge in [-0.1, -0.05) is 0 Å². The zero-order valence-corrected chi connectivity index (χ0v) is 16.5. The summed E-state index contributed by atoms with van der Waals surface area (Å²) in [6, 6.07) is 0.252. The number of hydrogen-bond donors (Lipinski definition) is 1. The third kappa shape index (κ3) is 7.59. The number of nitrogens with zero attached hydrogens (tertiary/aromatic N) is 3. The molecule has 7 nitrogen and oxygen atoms in total. The molecule has 0 aromatic rings. The van der Waals surface area contributed by atoms with E-state index in [4.69, 9.17) is 9.47 Å². The molecule has 1 saturated heterocycles. The minimum absolute atomic E-state index is 0. The zero-order valence-electron chi connectivity index (χ0n) is 14.2. The Hall–Kier alpha value is -0.610. The average Bonchev–Trinajstić information content (AvgIpc) is 2.43. The molecular weight excluding hydrogens is 399 g/mol. The first-order valence-electron chi connectivity index (χ1n) is 7.30. The summed E-state index contributed by atoms with van der Waals surface area (Å²) in [5.74, 6) is 0.740. The van der Waals surface area contributed by atoms with Gasteiger partial charge in [0.15, 0.2) is 5.96 Å². The molecule has 22 heavy (non-hydrogen) atoms. The van der Waals surface area contributed by atoms with E-state index >= 15 is 0 Å². The summed E-state index contributed by atoms with van der Waals surface area (Å²) in [6.07, 6.45) is 0.0347. The van der Waals surface area contributed by atoms with Crippen molar-refractivity contribution in [3.63, 3.8) is 0 Å². The Morgan fingerprint density at radius 3 is 2.73 bits per heavy atom. The van der Waals surface area contributed by atoms with Crippen LogP contribution in [0.4, 0.5) is 0 Å². The van der Waals surface area contributed by atoms with Gasteiger partial charge in [0.25, 0.3) is 0 Å². The average molecular weight is 428 g/mol. The number of halogens is 1. The number of carbonyl (C=O) groups excluding carboxylic acids is 1. The summed E-state index contributed by atoms with van der Waals surface area (Å²) >= 11 is 0. The highest BCUT2D eigenvalue weighted by Crippen LogP contribution is 2.06. The number of aliphatic imine (C=N–C) groups is 1. The minimum Gasteiger partial charge on any atom is -0.382 e. The molecule has 0 radical (unpaired) electrons. The molecule has 0 aromatic carbocycles. The number of methoxy groups -OCH3 is 1. The highest BCUT2D eigenvalue weighted by molar-refractivity contribution is 14.0. The van der Waals surface area contributed by atoms with E-state index in [1.165, 1.54) is 0 Å². The van der Waals surface area contributed by atoms with Crippen LogP contribution in [0.5, 0.6) is 0 Å². The topological polar surface area (TPSA) is 66.4 Å². The van der Waals surface area contributed by atoms with E-state index in [1.807, 2.05) is 0 Å². The largest absolute Gasteiger partial charge is 0.382 e. The van der Waals surface area contributed by atoms with Crippen molar-refractivity contribution in [2.75, 3.05) is 54.1 Å². The number of carbonyl (C=O) groups is 1. The Morgan fingerprint density at radius 1 is 1.50 bits per heavy atom. The van der Waals surface area contributed by atoms with Crippen LogP contribution in [0.25, 0.3) is 0 Å². The van der Waals surface area contributed by atoms with Crippen LogP contribution in [0, 0.1) is 0 Å². The van der Waals surface area contributed by atoms with Crippen LogP contribution in [0.3, 0.4) is 0 Å². The Kier molecular flexibility index (Phi) is 10.7. The van der Waals surface area contributed by atoms with Crippen molar-refractivity contribution in [1.82, 2.24) is 15.1 Å². The summed E-state index contributed by atoms with van der Waals surface area (Å²) in [6.45, 7) is 6.91. The van der Waals surface area contributed by atoms with Gasteiger partial charge in [-0.2, -0.15) is 0 Å². The zero-order chi connectivity index (χ0) is 15.8. The first-order valence-corrected chi connectivity index (χ1v) is 7.30. The number of guanidine groups is 1. The normalized spacial score (nSPS) is 18.9.